The number of carbonyl (C=O) groups excluding carboxylic acids is 2. The van der Waals surface area contributed by atoms with E-state index in [0.717, 1.165) is 11.3 Å². The number of fused-ring (bicyclic) bond motifs is 1. The molecule has 2 heterocycles. The van der Waals surface area contributed by atoms with Gasteiger partial charge in [-0.1, -0.05) is 65.2 Å². The lowest BCUT2D eigenvalue weighted by atomic mass is 9.90. The van der Waals surface area contributed by atoms with Crippen molar-refractivity contribution < 1.29 is 9.59 Å². The monoisotopic (exact) mass is 321 g/mol. The Morgan fingerprint density at radius 3 is 2.45 bits per heavy atom. The molecule has 1 aliphatic rings. The van der Waals surface area contributed by atoms with E-state index in [9.17, 15) is 9.59 Å². The number of imide groups is 1. The average molecular weight is 321 g/mol. The molecule has 1 atom stereocenters. The fraction of sp³-hybridized carbons (Fsp3) is 0.667. The third kappa shape index (κ3) is 4.19. The molecule has 0 bridgehead atoms. The van der Waals surface area contributed by atoms with Gasteiger partial charge < -0.3 is 0 Å². The molecule has 1 aromatic heterocycles. The molecule has 0 radical (unpaired) electrons. The van der Waals surface area contributed by atoms with Crippen molar-refractivity contribution in [3.05, 3.63) is 21.4 Å². The van der Waals surface area contributed by atoms with Crippen LogP contribution in [0.4, 0.5) is 0 Å². The van der Waals surface area contributed by atoms with Gasteiger partial charge in [-0.3, -0.25) is 14.9 Å². The topological polar surface area (TPSA) is 46.2 Å². The maximum atomic E-state index is 11.9. The van der Waals surface area contributed by atoms with Crippen molar-refractivity contribution in [1.29, 1.82) is 0 Å². The first-order valence-electron chi connectivity index (χ1n) is 8.63. The maximum Gasteiger partial charge on any atom is 0.260 e. The summed E-state index contributed by atoms with van der Waals surface area (Å²) in [5, 5.41) is 4.25. The lowest BCUT2D eigenvalue weighted by Gasteiger charge is -2.16. The van der Waals surface area contributed by atoms with Crippen molar-refractivity contribution >= 4 is 23.2 Å². The van der Waals surface area contributed by atoms with E-state index in [4.69, 9.17) is 0 Å². The Hall–Kier alpha value is -1.16. The molecule has 0 fully saturated rings. The number of nitrogens with one attached hydrogen (secondary N) is 1. The minimum atomic E-state index is -0.226. The van der Waals surface area contributed by atoms with E-state index in [0.29, 0.717) is 17.0 Å². The first kappa shape index (κ1) is 17.2. The van der Waals surface area contributed by atoms with Crippen LogP contribution in [0, 0.1) is 5.92 Å². The minimum Gasteiger partial charge on any atom is -0.288 e. The number of rotatable bonds is 10. The Kier molecular flexibility index (Phi) is 6.62. The van der Waals surface area contributed by atoms with Crippen LogP contribution >= 0.6 is 11.3 Å². The van der Waals surface area contributed by atoms with E-state index in [1.165, 1.54) is 51.4 Å². The molecule has 2 rings (SSSR count). The summed E-state index contributed by atoms with van der Waals surface area (Å²) in [6.45, 7) is 4.46. The van der Waals surface area contributed by atoms with Gasteiger partial charge >= 0.3 is 0 Å². The predicted molar refractivity (Wildman–Crippen MR) is 91.6 cm³/mol. The smallest absolute Gasteiger partial charge is 0.260 e. The second-order valence-corrected chi connectivity index (χ2v) is 7.26. The molecule has 0 saturated carbocycles. The van der Waals surface area contributed by atoms with Gasteiger partial charge in [-0.15, -0.1) is 11.3 Å². The van der Waals surface area contributed by atoms with Crippen molar-refractivity contribution in [3.8, 4) is 0 Å². The molecular weight excluding hydrogens is 294 g/mol. The highest BCUT2D eigenvalue weighted by Crippen LogP contribution is 2.31. The number of thiophene rings is 1. The van der Waals surface area contributed by atoms with Gasteiger partial charge in [0.1, 0.15) is 0 Å². The third-order valence-corrected chi connectivity index (χ3v) is 5.48. The van der Waals surface area contributed by atoms with Crippen molar-refractivity contribution in [2.75, 3.05) is 0 Å². The number of carbonyl (C=O) groups is 2. The molecule has 1 aliphatic heterocycles. The maximum absolute atomic E-state index is 11.9. The lowest BCUT2D eigenvalue weighted by Crippen LogP contribution is -2.21. The van der Waals surface area contributed by atoms with Gasteiger partial charge in [0, 0.05) is 10.3 Å². The normalized spacial score (nSPS) is 15.0. The van der Waals surface area contributed by atoms with Gasteiger partial charge in [0.25, 0.3) is 11.8 Å². The molecule has 0 aliphatic carbocycles. The summed E-state index contributed by atoms with van der Waals surface area (Å²) in [6.07, 6.45) is 11.0. The summed E-state index contributed by atoms with van der Waals surface area (Å²) in [4.78, 5) is 24.7. The van der Waals surface area contributed by atoms with Crippen LogP contribution in [0.1, 0.15) is 90.8 Å². The van der Waals surface area contributed by atoms with Crippen LogP contribution in [0.15, 0.2) is 5.38 Å². The zero-order valence-electron chi connectivity index (χ0n) is 13.7. The molecule has 2 amide bonds. The van der Waals surface area contributed by atoms with Crippen LogP contribution in [-0.4, -0.2) is 11.8 Å². The molecule has 122 valence electrons. The largest absolute Gasteiger partial charge is 0.288 e. The molecule has 0 aromatic carbocycles. The number of hydrogen-bond acceptors (Lipinski definition) is 3. The van der Waals surface area contributed by atoms with Gasteiger partial charge in [-0.2, -0.15) is 0 Å². The Balaban J connectivity index is 1.99. The van der Waals surface area contributed by atoms with Gasteiger partial charge in [-0.25, -0.2) is 0 Å². The standard InChI is InChI=1S/C18H27NO2S/c1-3-5-7-8-10-13(9-6-4-2)11-15-16-14(12-22-15)17(20)19-18(16)21/h12-13H,3-11H2,1-2H3,(H,19,20,21). The fourth-order valence-electron chi connectivity index (χ4n) is 3.16. The van der Waals surface area contributed by atoms with Crippen molar-refractivity contribution in [2.45, 2.75) is 71.6 Å². The van der Waals surface area contributed by atoms with E-state index in [-0.39, 0.29) is 11.8 Å². The Morgan fingerprint density at radius 1 is 1.00 bits per heavy atom. The van der Waals surface area contributed by atoms with E-state index in [1.54, 1.807) is 11.3 Å². The van der Waals surface area contributed by atoms with E-state index >= 15 is 0 Å². The van der Waals surface area contributed by atoms with Crippen LogP contribution in [0.3, 0.4) is 0 Å². The predicted octanol–water partition coefficient (Wildman–Crippen LogP) is 4.95. The first-order chi connectivity index (χ1) is 10.7. The second-order valence-electron chi connectivity index (χ2n) is 6.29. The molecule has 22 heavy (non-hydrogen) atoms. The van der Waals surface area contributed by atoms with Crippen LogP contribution in [-0.2, 0) is 6.42 Å². The summed E-state index contributed by atoms with van der Waals surface area (Å²) >= 11 is 1.58. The van der Waals surface area contributed by atoms with Gasteiger partial charge in [0.05, 0.1) is 11.1 Å². The summed E-state index contributed by atoms with van der Waals surface area (Å²) in [5.74, 6) is 0.218. The molecule has 0 saturated heterocycles. The highest BCUT2D eigenvalue weighted by atomic mass is 32.1. The number of hydrogen-bond donors (Lipinski definition) is 1. The quantitative estimate of drug-likeness (QED) is 0.489. The van der Waals surface area contributed by atoms with E-state index in [1.807, 2.05) is 5.38 Å². The second kappa shape index (κ2) is 8.47. The molecule has 3 nitrogen and oxygen atoms in total. The highest BCUT2D eigenvalue weighted by molar-refractivity contribution is 7.10. The van der Waals surface area contributed by atoms with Crippen LogP contribution < -0.4 is 5.32 Å². The zero-order valence-corrected chi connectivity index (χ0v) is 14.6. The molecule has 1 aromatic rings. The van der Waals surface area contributed by atoms with Crippen molar-refractivity contribution in [1.82, 2.24) is 5.32 Å². The zero-order chi connectivity index (χ0) is 15.9. The lowest BCUT2D eigenvalue weighted by molar-refractivity contribution is 0.0879. The molecule has 1 unspecified atom stereocenters. The number of unbranched alkanes of at least 4 members (excludes halogenated alkanes) is 4. The Morgan fingerprint density at radius 2 is 1.73 bits per heavy atom. The SMILES string of the molecule is CCCCCCC(CCCC)Cc1scc2c1C(=O)NC2=O. The summed E-state index contributed by atoms with van der Waals surface area (Å²) in [6, 6.07) is 0. The number of amides is 2. The Bertz CT molecular complexity index is 521. The molecule has 1 N–H and O–H groups in total. The van der Waals surface area contributed by atoms with Crippen molar-refractivity contribution in [2.24, 2.45) is 5.92 Å². The summed E-state index contributed by atoms with van der Waals surface area (Å²) in [7, 11) is 0. The van der Waals surface area contributed by atoms with Crippen LogP contribution in [0.25, 0.3) is 0 Å². The van der Waals surface area contributed by atoms with Gasteiger partial charge in [-0.05, 0) is 12.3 Å². The minimum absolute atomic E-state index is 0.198. The molecular formula is C18H27NO2S. The average Bonchev–Trinajstić information content (AvgIpc) is 3.03. The first-order valence-corrected chi connectivity index (χ1v) is 9.51. The molecule has 0 spiro atoms. The van der Waals surface area contributed by atoms with E-state index < -0.39 is 0 Å². The highest BCUT2D eigenvalue weighted by Gasteiger charge is 2.31. The third-order valence-electron chi connectivity index (χ3n) is 4.47. The van der Waals surface area contributed by atoms with E-state index in [2.05, 4.69) is 19.2 Å². The van der Waals surface area contributed by atoms with Gasteiger partial charge in [0.2, 0.25) is 0 Å². The van der Waals surface area contributed by atoms with Gasteiger partial charge in [0.15, 0.2) is 0 Å². The fourth-order valence-corrected chi connectivity index (χ4v) is 4.30. The Labute approximate surface area is 137 Å². The van der Waals surface area contributed by atoms with Crippen LogP contribution in [0.5, 0.6) is 0 Å². The summed E-state index contributed by atoms with van der Waals surface area (Å²) in [5.41, 5.74) is 1.25. The van der Waals surface area contributed by atoms with Crippen LogP contribution in [0.2, 0.25) is 0 Å². The van der Waals surface area contributed by atoms with Crippen molar-refractivity contribution in [3.63, 3.8) is 0 Å². The molecule has 4 heteroatoms. The summed E-state index contributed by atoms with van der Waals surface area (Å²) < 4.78 is 0.